The Kier molecular flexibility index (Phi) is 3.79. The van der Waals surface area contributed by atoms with Crippen molar-refractivity contribution in [3.63, 3.8) is 0 Å². The first-order valence-corrected chi connectivity index (χ1v) is 6.13. The molecule has 0 aromatic heterocycles. The fourth-order valence-electron chi connectivity index (χ4n) is 2.12. The molecule has 0 spiro atoms. The smallest absolute Gasteiger partial charge is 0.323 e. The molecule has 1 heterocycles. The summed E-state index contributed by atoms with van der Waals surface area (Å²) in [5, 5.41) is 3.27. The van der Waals surface area contributed by atoms with Gasteiger partial charge in [-0.1, -0.05) is 37.3 Å². The van der Waals surface area contributed by atoms with Gasteiger partial charge in [0.25, 0.3) is 0 Å². The summed E-state index contributed by atoms with van der Waals surface area (Å²) in [6.07, 6.45) is 0.870. The van der Waals surface area contributed by atoms with E-state index in [-0.39, 0.29) is 12.0 Å². The van der Waals surface area contributed by atoms with E-state index < -0.39 is 0 Å². The molecule has 1 fully saturated rings. The third-order valence-corrected chi connectivity index (χ3v) is 3.43. The quantitative estimate of drug-likeness (QED) is 0.813. The summed E-state index contributed by atoms with van der Waals surface area (Å²) < 4.78 is 5.31. The first-order chi connectivity index (χ1) is 8.16. The summed E-state index contributed by atoms with van der Waals surface area (Å²) in [7, 11) is 0. The number of hydrogen-bond acceptors (Lipinski definition) is 3. The van der Waals surface area contributed by atoms with Gasteiger partial charge < -0.3 is 10.1 Å². The van der Waals surface area contributed by atoms with E-state index in [9.17, 15) is 4.79 Å². The van der Waals surface area contributed by atoms with Crippen molar-refractivity contribution in [2.24, 2.45) is 5.92 Å². The number of benzene rings is 1. The van der Waals surface area contributed by atoms with Crippen LogP contribution in [0.25, 0.3) is 0 Å². The average molecular weight is 233 g/mol. The van der Waals surface area contributed by atoms with Crippen LogP contribution < -0.4 is 5.32 Å². The third kappa shape index (κ3) is 3.07. The lowest BCUT2D eigenvalue weighted by molar-refractivity contribution is -0.147. The Morgan fingerprint density at radius 2 is 2.06 bits per heavy atom. The van der Waals surface area contributed by atoms with Gasteiger partial charge in [0, 0.05) is 6.04 Å². The number of nitrogens with one attached hydrogen (secondary N) is 1. The minimum absolute atomic E-state index is 0.134. The summed E-state index contributed by atoms with van der Waals surface area (Å²) in [5.74, 6) is 0.398. The molecule has 3 atom stereocenters. The molecule has 2 rings (SSSR count). The maximum atomic E-state index is 11.8. The molecule has 3 nitrogen and oxygen atoms in total. The van der Waals surface area contributed by atoms with Gasteiger partial charge in [-0.05, 0) is 24.8 Å². The van der Waals surface area contributed by atoms with E-state index in [1.54, 1.807) is 0 Å². The molecule has 0 bridgehead atoms. The van der Waals surface area contributed by atoms with E-state index in [4.69, 9.17) is 4.74 Å². The van der Waals surface area contributed by atoms with E-state index >= 15 is 0 Å². The van der Waals surface area contributed by atoms with E-state index in [1.807, 2.05) is 30.3 Å². The van der Waals surface area contributed by atoms with Crippen molar-refractivity contribution in [2.45, 2.75) is 39.0 Å². The SMILES string of the molecule is C[C@@H]1C[C@@H](C(=O)OCc2ccccc2)N[C@@H]1C. The number of rotatable bonds is 3. The van der Waals surface area contributed by atoms with E-state index in [0.29, 0.717) is 18.6 Å². The van der Waals surface area contributed by atoms with Crippen LogP contribution in [0.15, 0.2) is 30.3 Å². The monoisotopic (exact) mass is 233 g/mol. The summed E-state index contributed by atoms with van der Waals surface area (Å²) >= 11 is 0. The summed E-state index contributed by atoms with van der Waals surface area (Å²) in [5.41, 5.74) is 1.03. The minimum atomic E-state index is -0.135. The number of carbonyl (C=O) groups excluding carboxylic acids is 1. The lowest BCUT2D eigenvalue weighted by Crippen LogP contribution is -2.35. The normalized spacial score (nSPS) is 28.0. The van der Waals surface area contributed by atoms with Gasteiger partial charge in [-0.2, -0.15) is 0 Å². The molecule has 0 unspecified atom stereocenters. The van der Waals surface area contributed by atoms with Crippen molar-refractivity contribution in [1.29, 1.82) is 0 Å². The Hall–Kier alpha value is -1.35. The Labute approximate surface area is 102 Å². The summed E-state index contributed by atoms with van der Waals surface area (Å²) in [4.78, 5) is 11.8. The average Bonchev–Trinajstić information content (AvgIpc) is 2.68. The van der Waals surface area contributed by atoms with Crippen LogP contribution in [0.1, 0.15) is 25.8 Å². The topological polar surface area (TPSA) is 38.3 Å². The zero-order chi connectivity index (χ0) is 12.3. The van der Waals surface area contributed by atoms with Crippen molar-refractivity contribution in [1.82, 2.24) is 5.32 Å². The van der Waals surface area contributed by atoms with Crippen molar-refractivity contribution < 1.29 is 9.53 Å². The van der Waals surface area contributed by atoms with Gasteiger partial charge in [0.1, 0.15) is 12.6 Å². The fraction of sp³-hybridized carbons (Fsp3) is 0.500. The summed E-state index contributed by atoms with van der Waals surface area (Å²) in [6.45, 7) is 4.62. The molecule has 0 aliphatic carbocycles. The summed E-state index contributed by atoms with van der Waals surface area (Å²) in [6, 6.07) is 10.0. The highest BCUT2D eigenvalue weighted by Crippen LogP contribution is 2.20. The van der Waals surface area contributed by atoms with Crippen LogP contribution in [0.4, 0.5) is 0 Å². The molecule has 92 valence electrons. The van der Waals surface area contributed by atoms with E-state index in [2.05, 4.69) is 19.2 Å². The highest BCUT2D eigenvalue weighted by molar-refractivity contribution is 5.76. The van der Waals surface area contributed by atoms with Gasteiger partial charge in [0.15, 0.2) is 0 Å². The molecule has 1 aromatic carbocycles. The van der Waals surface area contributed by atoms with Crippen LogP contribution in [-0.4, -0.2) is 18.1 Å². The van der Waals surface area contributed by atoms with Crippen LogP contribution in [0, 0.1) is 5.92 Å². The van der Waals surface area contributed by atoms with Gasteiger partial charge in [0.05, 0.1) is 0 Å². The molecule has 1 aliphatic rings. The Bertz CT molecular complexity index is 367. The molecule has 1 aromatic rings. The maximum Gasteiger partial charge on any atom is 0.323 e. The lowest BCUT2D eigenvalue weighted by Gasteiger charge is -2.11. The predicted octanol–water partition coefficient (Wildman–Crippen LogP) is 2.12. The standard InChI is InChI=1S/C14H19NO2/c1-10-8-13(15-11(10)2)14(16)17-9-12-6-4-3-5-7-12/h3-7,10-11,13,15H,8-9H2,1-2H3/t10-,11-,13+/m1/s1. The van der Waals surface area contributed by atoms with Crippen LogP contribution in [0.3, 0.4) is 0 Å². The second-order valence-electron chi connectivity index (χ2n) is 4.81. The zero-order valence-corrected chi connectivity index (χ0v) is 10.3. The minimum Gasteiger partial charge on any atom is -0.460 e. The Morgan fingerprint density at radius 1 is 1.35 bits per heavy atom. The van der Waals surface area contributed by atoms with E-state index in [1.165, 1.54) is 0 Å². The number of carbonyl (C=O) groups is 1. The van der Waals surface area contributed by atoms with Crippen LogP contribution in [0.2, 0.25) is 0 Å². The Balaban J connectivity index is 1.82. The molecule has 1 aliphatic heterocycles. The molecular formula is C14H19NO2. The Morgan fingerprint density at radius 3 is 2.65 bits per heavy atom. The molecule has 0 amide bonds. The van der Waals surface area contributed by atoms with Crippen LogP contribution >= 0.6 is 0 Å². The molecular weight excluding hydrogens is 214 g/mol. The second kappa shape index (κ2) is 5.32. The largest absolute Gasteiger partial charge is 0.460 e. The van der Waals surface area contributed by atoms with Gasteiger partial charge in [-0.3, -0.25) is 4.79 Å². The second-order valence-corrected chi connectivity index (χ2v) is 4.81. The van der Waals surface area contributed by atoms with Crippen LogP contribution in [0.5, 0.6) is 0 Å². The van der Waals surface area contributed by atoms with Crippen LogP contribution in [-0.2, 0) is 16.1 Å². The first-order valence-electron chi connectivity index (χ1n) is 6.13. The molecule has 1 saturated heterocycles. The van der Waals surface area contributed by atoms with Crippen molar-refractivity contribution in [3.8, 4) is 0 Å². The highest BCUT2D eigenvalue weighted by atomic mass is 16.5. The molecule has 3 heteroatoms. The van der Waals surface area contributed by atoms with E-state index in [0.717, 1.165) is 12.0 Å². The van der Waals surface area contributed by atoms with Gasteiger partial charge >= 0.3 is 5.97 Å². The van der Waals surface area contributed by atoms with Gasteiger partial charge in [-0.15, -0.1) is 0 Å². The third-order valence-electron chi connectivity index (χ3n) is 3.43. The molecule has 0 saturated carbocycles. The lowest BCUT2D eigenvalue weighted by atomic mass is 10.0. The predicted molar refractivity (Wildman–Crippen MR) is 66.4 cm³/mol. The van der Waals surface area contributed by atoms with Gasteiger partial charge in [0.2, 0.25) is 0 Å². The molecule has 0 radical (unpaired) electrons. The van der Waals surface area contributed by atoms with Crippen molar-refractivity contribution >= 4 is 5.97 Å². The molecule has 1 N–H and O–H groups in total. The van der Waals surface area contributed by atoms with Crippen molar-refractivity contribution in [3.05, 3.63) is 35.9 Å². The van der Waals surface area contributed by atoms with Crippen molar-refractivity contribution in [2.75, 3.05) is 0 Å². The number of hydrogen-bond donors (Lipinski definition) is 1. The maximum absolute atomic E-state index is 11.8. The molecule has 17 heavy (non-hydrogen) atoms. The number of esters is 1. The fourth-order valence-corrected chi connectivity index (χ4v) is 2.12. The first kappa shape index (κ1) is 12.1. The highest BCUT2D eigenvalue weighted by Gasteiger charge is 2.32. The zero-order valence-electron chi connectivity index (χ0n) is 10.3. The number of ether oxygens (including phenoxy) is 1. The van der Waals surface area contributed by atoms with Gasteiger partial charge in [-0.25, -0.2) is 0 Å².